The van der Waals surface area contributed by atoms with E-state index in [2.05, 4.69) is 10.3 Å². The normalized spacial score (nSPS) is 17.9. The summed E-state index contributed by atoms with van der Waals surface area (Å²) in [7, 11) is 0. The fourth-order valence-electron chi connectivity index (χ4n) is 4.50. The number of ether oxygens (including phenoxy) is 2. The van der Waals surface area contributed by atoms with Gasteiger partial charge in [0, 0.05) is 29.9 Å². The van der Waals surface area contributed by atoms with E-state index in [0.717, 1.165) is 32.0 Å². The molecule has 35 heavy (non-hydrogen) atoms. The molecule has 2 N–H and O–H groups in total. The van der Waals surface area contributed by atoms with Gasteiger partial charge < -0.3 is 29.2 Å². The van der Waals surface area contributed by atoms with Gasteiger partial charge in [0.2, 0.25) is 0 Å². The Morgan fingerprint density at radius 3 is 2.69 bits per heavy atom. The number of hydrogen-bond donors (Lipinski definition) is 2. The first kappa shape index (κ1) is 23.5. The summed E-state index contributed by atoms with van der Waals surface area (Å²) in [6, 6.07) is 6.61. The van der Waals surface area contributed by atoms with Crippen molar-refractivity contribution in [2.75, 3.05) is 32.8 Å². The Hall–Kier alpha value is -3.24. The minimum atomic E-state index is -3.94. The number of amides is 1. The zero-order chi connectivity index (χ0) is 24.6. The highest BCUT2D eigenvalue weighted by atomic mass is 19.3. The van der Waals surface area contributed by atoms with Crippen LogP contribution in [0.1, 0.15) is 36.0 Å². The van der Waals surface area contributed by atoms with E-state index in [-0.39, 0.29) is 12.1 Å². The highest BCUT2D eigenvalue weighted by Crippen LogP contribution is 2.35. The van der Waals surface area contributed by atoms with Gasteiger partial charge in [0.05, 0.1) is 6.04 Å². The van der Waals surface area contributed by atoms with Gasteiger partial charge in [0.15, 0.2) is 17.3 Å². The van der Waals surface area contributed by atoms with E-state index in [0.29, 0.717) is 41.4 Å². The van der Waals surface area contributed by atoms with E-state index >= 15 is 8.78 Å². The first-order valence-electron chi connectivity index (χ1n) is 11.7. The first-order chi connectivity index (χ1) is 16.8. The van der Waals surface area contributed by atoms with Gasteiger partial charge in [0.1, 0.15) is 24.9 Å². The number of alkyl halides is 2. The lowest BCUT2D eigenvalue weighted by Crippen LogP contribution is -2.50. The summed E-state index contributed by atoms with van der Waals surface area (Å²) in [4.78, 5) is 19.0. The Balaban J connectivity index is 1.39. The van der Waals surface area contributed by atoms with Gasteiger partial charge in [-0.15, -0.1) is 0 Å². The number of aliphatic hydroxyl groups excluding tert-OH is 1. The van der Waals surface area contributed by atoms with Crippen LogP contribution in [0.4, 0.5) is 8.78 Å². The fourth-order valence-corrected chi connectivity index (χ4v) is 4.50. The number of pyridine rings is 1. The van der Waals surface area contributed by atoms with Crippen molar-refractivity contribution >= 4 is 16.9 Å². The maximum atomic E-state index is 15.2. The molecule has 2 aliphatic rings. The van der Waals surface area contributed by atoms with E-state index in [4.69, 9.17) is 13.9 Å². The predicted octanol–water partition coefficient (Wildman–Crippen LogP) is 3.31. The van der Waals surface area contributed by atoms with Crippen LogP contribution in [0.2, 0.25) is 0 Å². The minimum Gasteiger partial charge on any atom is -0.486 e. The van der Waals surface area contributed by atoms with Crippen molar-refractivity contribution in [3.05, 3.63) is 53.5 Å². The lowest BCUT2D eigenvalue weighted by Gasteiger charge is -2.30. The monoisotopic (exact) mass is 487 g/mol. The molecular weight excluding hydrogens is 460 g/mol. The van der Waals surface area contributed by atoms with Gasteiger partial charge in [-0.3, -0.25) is 9.78 Å². The Morgan fingerprint density at radius 1 is 1.17 bits per heavy atom. The number of nitrogens with one attached hydrogen (secondary N) is 1. The molecule has 0 spiro atoms. The van der Waals surface area contributed by atoms with E-state index in [1.54, 1.807) is 25.1 Å². The number of aliphatic hydroxyl groups is 1. The largest absolute Gasteiger partial charge is 0.486 e. The zero-order valence-electron chi connectivity index (χ0n) is 19.3. The number of carbonyl (C=O) groups is 1. The molecule has 10 heteroatoms. The molecule has 2 aromatic heterocycles. The number of nitrogens with zero attached hydrogens (tertiary/aromatic N) is 2. The summed E-state index contributed by atoms with van der Waals surface area (Å²) in [5.41, 5.74) is 1.27. The highest BCUT2D eigenvalue weighted by Gasteiger charge is 2.46. The molecule has 5 rings (SSSR count). The Morgan fingerprint density at radius 2 is 1.91 bits per heavy atom. The topological polar surface area (TPSA) is 97.1 Å². The maximum absolute atomic E-state index is 15.2. The van der Waals surface area contributed by atoms with Crippen LogP contribution >= 0.6 is 0 Å². The highest BCUT2D eigenvalue weighted by molar-refractivity contribution is 5.86. The molecule has 2 atom stereocenters. The number of carbonyl (C=O) groups excluding carboxylic acids is 1. The van der Waals surface area contributed by atoms with E-state index < -0.39 is 29.7 Å². The van der Waals surface area contributed by atoms with Crippen LogP contribution in [0, 0.1) is 6.92 Å². The third-order valence-corrected chi connectivity index (χ3v) is 6.39. The molecule has 4 heterocycles. The summed E-state index contributed by atoms with van der Waals surface area (Å²) in [6.45, 7) is 4.28. The predicted molar refractivity (Wildman–Crippen MR) is 123 cm³/mol. The standard InChI is InChI=1S/C25H27F2N3O5/c1-15-10-20-17(13-28-15)12-22(35-20)25(26,27)24(32)29-18(14-30-6-2-3-7-30)23(31)16-4-5-19-21(11-16)34-9-8-33-19/h4-5,10-13,18,23,31H,2-3,6-9,14H2,1H3,(H,29,32)/t18-,23-/m1/s1. The van der Waals surface area contributed by atoms with Crippen LogP contribution in [-0.4, -0.2) is 59.8 Å². The third-order valence-electron chi connectivity index (χ3n) is 6.39. The van der Waals surface area contributed by atoms with E-state index in [1.165, 1.54) is 12.3 Å². The van der Waals surface area contributed by atoms with Crippen LogP contribution in [0.3, 0.4) is 0 Å². The molecule has 0 saturated carbocycles. The Bertz CT molecular complexity index is 1230. The van der Waals surface area contributed by atoms with Crippen LogP contribution in [-0.2, 0) is 10.7 Å². The molecule has 1 fully saturated rings. The molecule has 1 amide bonds. The van der Waals surface area contributed by atoms with Gasteiger partial charge in [0.25, 0.3) is 5.91 Å². The van der Waals surface area contributed by atoms with Crippen molar-refractivity contribution in [2.24, 2.45) is 0 Å². The summed E-state index contributed by atoms with van der Waals surface area (Å²) < 4.78 is 46.8. The van der Waals surface area contributed by atoms with Crippen molar-refractivity contribution in [1.82, 2.24) is 15.2 Å². The number of aromatic nitrogens is 1. The van der Waals surface area contributed by atoms with Crippen LogP contribution < -0.4 is 14.8 Å². The summed E-state index contributed by atoms with van der Waals surface area (Å²) in [6.07, 6.45) is 2.13. The average Bonchev–Trinajstić information content (AvgIpc) is 3.52. The lowest BCUT2D eigenvalue weighted by atomic mass is 10.0. The first-order valence-corrected chi connectivity index (χ1v) is 11.7. The zero-order valence-corrected chi connectivity index (χ0v) is 19.3. The van der Waals surface area contributed by atoms with Crippen LogP contribution in [0.5, 0.6) is 11.5 Å². The third kappa shape index (κ3) is 4.81. The molecule has 2 aliphatic heterocycles. The number of benzene rings is 1. The quantitative estimate of drug-likeness (QED) is 0.528. The molecule has 0 radical (unpaired) electrons. The maximum Gasteiger partial charge on any atom is 0.380 e. The summed E-state index contributed by atoms with van der Waals surface area (Å²) >= 11 is 0. The molecule has 3 aromatic rings. The molecule has 186 valence electrons. The molecule has 1 saturated heterocycles. The van der Waals surface area contributed by atoms with Crippen molar-refractivity contribution in [3.63, 3.8) is 0 Å². The van der Waals surface area contributed by atoms with Gasteiger partial charge in [-0.05, 0) is 56.6 Å². The van der Waals surface area contributed by atoms with Crippen LogP contribution in [0.25, 0.3) is 11.0 Å². The number of halogens is 2. The smallest absolute Gasteiger partial charge is 0.380 e. The lowest BCUT2D eigenvalue weighted by molar-refractivity contribution is -0.151. The molecule has 0 bridgehead atoms. The van der Waals surface area contributed by atoms with Crippen LogP contribution in [0.15, 0.2) is 40.9 Å². The number of likely N-dealkylation sites (tertiary alicyclic amines) is 1. The van der Waals surface area contributed by atoms with Crippen molar-refractivity contribution in [3.8, 4) is 11.5 Å². The minimum absolute atomic E-state index is 0.223. The second-order valence-corrected chi connectivity index (χ2v) is 8.98. The van der Waals surface area contributed by atoms with Crippen molar-refractivity contribution in [2.45, 2.75) is 37.8 Å². The summed E-state index contributed by atoms with van der Waals surface area (Å²) in [5.74, 6) is -5.24. The molecule has 8 nitrogen and oxygen atoms in total. The van der Waals surface area contributed by atoms with Gasteiger partial charge in [-0.25, -0.2) is 0 Å². The molecular formula is C25H27F2N3O5. The summed E-state index contributed by atoms with van der Waals surface area (Å²) in [5, 5.41) is 13.9. The van der Waals surface area contributed by atoms with Gasteiger partial charge in [-0.2, -0.15) is 8.78 Å². The van der Waals surface area contributed by atoms with Crippen molar-refractivity contribution < 1.29 is 32.6 Å². The number of fused-ring (bicyclic) bond motifs is 2. The average molecular weight is 488 g/mol. The van der Waals surface area contributed by atoms with E-state index in [9.17, 15) is 9.90 Å². The fraction of sp³-hybridized carbons (Fsp3) is 0.440. The molecule has 0 aliphatic carbocycles. The SMILES string of the molecule is Cc1cc2oc(C(F)(F)C(=O)N[C@H](CN3CCCC3)[C@H](O)c3ccc4c(c3)OCCO4)cc2cn1. The van der Waals surface area contributed by atoms with Gasteiger partial charge >= 0.3 is 5.92 Å². The molecule has 0 unspecified atom stereocenters. The molecule has 1 aromatic carbocycles. The number of furan rings is 1. The number of aryl methyl sites for hydroxylation is 1. The van der Waals surface area contributed by atoms with E-state index in [1.807, 2.05) is 4.90 Å². The van der Waals surface area contributed by atoms with Crippen molar-refractivity contribution in [1.29, 1.82) is 0 Å². The second kappa shape index (κ2) is 9.43. The van der Waals surface area contributed by atoms with Gasteiger partial charge in [-0.1, -0.05) is 6.07 Å². The Kier molecular flexibility index (Phi) is 6.33. The Labute approximate surface area is 200 Å². The number of hydrogen-bond acceptors (Lipinski definition) is 7. The number of rotatable bonds is 7. The second-order valence-electron chi connectivity index (χ2n) is 8.98.